The Morgan fingerprint density at radius 3 is 2.21 bits per heavy atom. The number of anilines is 1. The molecule has 0 radical (unpaired) electrons. The summed E-state index contributed by atoms with van der Waals surface area (Å²) in [5, 5.41) is 0. The first-order valence-corrected chi connectivity index (χ1v) is 7.12. The van der Waals surface area contributed by atoms with Gasteiger partial charge < -0.3 is 10.6 Å². The van der Waals surface area contributed by atoms with Crippen molar-refractivity contribution < 1.29 is 21.6 Å². The topological polar surface area (TPSA) is 63.4 Å². The lowest BCUT2D eigenvalue weighted by atomic mass is 10.3. The van der Waals surface area contributed by atoms with Crippen LogP contribution in [0.15, 0.2) is 29.2 Å². The van der Waals surface area contributed by atoms with Crippen molar-refractivity contribution in [2.24, 2.45) is 5.73 Å². The first-order valence-electron chi connectivity index (χ1n) is 5.64. The van der Waals surface area contributed by atoms with E-state index in [0.29, 0.717) is 18.8 Å². The molecule has 1 saturated heterocycles. The average molecular weight is 294 g/mol. The van der Waals surface area contributed by atoms with Crippen LogP contribution in [0.4, 0.5) is 18.9 Å². The molecule has 19 heavy (non-hydrogen) atoms. The summed E-state index contributed by atoms with van der Waals surface area (Å²) in [4.78, 5) is 1.17. The molecule has 1 atom stereocenters. The third-order valence-corrected chi connectivity index (χ3v) is 4.54. The zero-order chi connectivity index (χ0) is 14.3. The molecule has 0 amide bonds. The van der Waals surface area contributed by atoms with Crippen LogP contribution in [-0.4, -0.2) is 33.1 Å². The van der Waals surface area contributed by atoms with Gasteiger partial charge in [-0.05, 0) is 30.7 Å². The number of hydrogen-bond acceptors (Lipinski definition) is 4. The van der Waals surface area contributed by atoms with Gasteiger partial charge in [-0.15, -0.1) is 0 Å². The van der Waals surface area contributed by atoms with Gasteiger partial charge in [0.15, 0.2) is 0 Å². The Morgan fingerprint density at radius 2 is 1.79 bits per heavy atom. The molecular weight excluding hydrogens is 281 g/mol. The summed E-state index contributed by atoms with van der Waals surface area (Å²) >= 11 is 0. The predicted octanol–water partition coefficient (Wildman–Crippen LogP) is 1.52. The van der Waals surface area contributed by atoms with Crippen LogP contribution < -0.4 is 10.6 Å². The first-order chi connectivity index (χ1) is 8.72. The third kappa shape index (κ3) is 2.69. The van der Waals surface area contributed by atoms with Crippen molar-refractivity contribution >= 4 is 15.5 Å². The Kier molecular flexibility index (Phi) is 3.48. The Labute approximate surface area is 108 Å². The second kappa shape index (κ2) is 4.68. The Morgan fingerprint density at radius 1 is 1.21 bits per heavy atom. The monoisotopic (exact) mass is 294 g/mol. The van der Waals surface area contributed by atoms with E-state index in [1.54, 1.807) is 0 Å². The van der Waals surface area contributed by atoms with Gasteiger partial charge in [-0.3, -0.25) is 0 Å². The zero-order valence-electron chi connectivity index (χ0n) is 9.89. The van der Waals surface area contributed by atoms with E-state index in [1.807, 2.05) is 4.90 Å². The van der Waals surface area contributed by atoms with Gasteiger partial charge in [-0.25, -0.2) is 8.42 Å². The molecule has 1 unspecified atom stereocenters. The third-order valence-electron chi connectivity index (χ3n) is 3.04. The van der Waals surface area contributed by atoms with E-state index < -0.39 is 20.2 Å². The molecule has 1 heterocycles. The average Bonchev–Trinajstić information content (AvgIpc) is 2.74. The number of alkyl halides is 3. The Hall–Kier alpha value is -1.28. The SMILES string of the molecule is NC1CCN(c2ccc(S(=O)(=O)C(F)(F)F)cc2)C1. The van der Waals surface area contributed by atoms with Gasteiger partial charge in [0.2, 0.25) is 0 Å². The maximum absolute atomic E-state index is 12.4. The minimum Gasteiger partial charge on any atom is -0.370 e. The number of rotatable bonds is 2. The summed E-state index contributed by atoms with van der Waals surface area (Å²) in [7, 11) is -5.27. The summed E-state index contributed by atoms with van der Waals surface area (Å²) < 4.78 is 59.4. The molecule has 8 heteroatoms. The standard InChI is InChI=1S/C11H13F3N2O2S/c12-11(13,14)19(17,18)10-3-1-9(2-4-10)16-6-5-8(15)7-16/h1-4,8H,5-7,15H2. The van der Waals surface area contributed by atoms with Crippen LogP contribution in [0, 0.1) is 0 Å². The minimum atomic E-state index is -5.27. The lowest BCUT2D eigenvalue weighted by Gasteiger charge is -2.18. The molecule has 106 valence electrons. The second-order valence-electron chi connectivity index (χ2n) is 4.44. The largest absolute Gasteiger partial charge is 0.501 e. The van der Waals surface area contributed by atoms with E-state index in [2.05, 4.69) is 0 Å². The van der Waals surface area contributed by atoms with Crippen molar-refractivity contribution in [1.82, 2.24) is 0 Å². The van der Waals surface area contributed by atoms with E-state index in [0.717, 1.165) is 18.6 Å². The second-order valence-corrected chi connectivity index (χ2v) is 6.38. The van der Waals surface area contributed by atoms with E-state index in [1.165, 1.54) is 12.1 Å². The minimum absolute atomic E-state index is 0.0404. The van der Waals surface area contributed by atoms with E-state index in [-0.39, 0.29) is 6.04 Å². The molecule has 1 aliphatic heterocycles. The molecule has 1 fully saturated rings. The molecule has 1 aliphatic rings. The Bertz CT molecular complexity index is 554. The van der Waals surface area contributed by atoms with Crippen LogP contribution in [0.2, 0.25) is 0 Å². The van der Waals surface area contributed by atoms with Gasteiger partial charge in [0.25, 0.3) is 9.84 Å². The summed E-state index contributed by atoms with van der Waals surface area (Å²) in [6, 6.07) is 4.73. The van der Waals surface area contributed by atoms with Crippen LogP contribution in [-0.2, 0) is 9.84 Å². The van der Waals surface area contributed by atoms with Crippen molar-refractivity contribution in [3.63, 3.8) is 0 Å². The fourth-order valence-electron chi connectivity index (χ4n) is 1.99. The van der Waals surface area contributed by atoms with Crippen LogP contribution >= 0.6 is 0 Å². The van der Waals surface area contributed by atoms with Crippen molar-refractivity contribution in [3.8, 4) is 0 Å². The molecule has 0 aliphatic carbocycles. The van der Waals surface area contributed by atoms with Gasteiger partial charge in [0.05, 0.1) is 4.90 Å². The van der Waals surface area contributed by atoms with Crippen LogP contribution in [0.1, 0.15) is 6.42 Å². The summed E-state index contributed by atoms with van der Waals surface area (Å²) in [6.07, 6.45) is 0.808. The highest BCUT2D eigenvalue weighted by molar-refractivity contribution is 7.92. The lowest BCUT2D eigenvalue weighted by molar-refractivity contribution is -0.0436. The molecule has 2 N–H and O–H groups in total. The van der Waals surface area contributed by atoms with E-state index >= 15 is 0 Å². The highest BCUT2D eigenvalue weighted by Crippen LogP contribution is 2.31. The molecule has 0 spiro atoms. The van der Waals surface area contributed by atoms with Crippen molar-refractivity contribution in [1.29, 1.82) is 0 Å². The maximum Gasteiger partial charge on any atom is 0.501 e. The molecule has 1 aromatic rings. The summed E-state index contributed by atoms with van der Waals surface area (Å²) in [5.74, 6) is 0. The summed E-state index contributed by atoms with van der Waals surface area (Å²) in [6.45, 7) is 1.33. The smallest absolute Gasteiger partial charge is 0.370 e. The lowest BCUT2D eigenvalue weighted by Crippen LogP contribution is -2.26. The summed E-state index contributed by atoms with van der Waals surface area (Å²) in [5.41, 5.74) is 1.13. The van der Waals surface area contributed by atoms with Crippen molar-refractivity contribution in [3.05, 3.63) is 24.3 Å². The fourth-order valence-corrected chi connectivity index (χ4v) is 2.75. The molecule has 0 bridgehead atoms. The normalized spacial score (nSPS) is 20.8. The number of hydrogen-bond donors (Lipinski definition) is 1. The van der Waals surface area contributed by atoms with E-state index in [4.69, 9.17) is 5.73 Å². The van der Waals surface area contributed by atoms with Gasteiger partial charge >= 0.3 is 5.51 Å². The molecule has 2 rings (SSSR count). The zero-order valence-corrected chi connectivity index (χ0v) is 10.7. The number of nitrogens with two attached hydrogens (primary N) is 1. The van der Waals surface area contributed by atoms with Gasteiger partial charge in [-0.2, -0.15) is 13.2 Å². The number of benzene rings is 1. The van der Waals surface area contributed by atoms with Crippen molar-refractivity contribution in [2.75, 3.05) is 18.0 Å². The first kappa shape index (κ1) is 14.1. The molecule has 0 saturated carbocycles. The molecule has 0 aromatic heterocycles. The van der Waals surface area contributed by atoms with Crippen LogP contribution in [0.5, 0.6) is 0 Å². The van der Waals surface area contributed by atoms with E-state index in [9.17, 15) is 21.6 Å². The van der Waals surface area contributed by atoms with Gasteiger partial charge in [0.1, 0.15) is 0 Å². The van der Waals surface area contributed by atoms with Gasteiger partial charge in [-0.1, -0.05) is 0 Å². The number of sulfone groups is 1. The van der Waals surface area contributed by atoms with Crippen LogP contribution in [0.25, 0.3) is 0 Å². The quantitative estimate of drug-likeness (QED) is 0.898. The molecular formula is C11H13F3N2O2S. The molecule has 1 aromatic carbocycles. The maximum atomic E-state index is 12.4. The van der Waals surface area contributed by atoms with Gasteiger partial charge in [0, 0.05) is 24.8 Å². The molecule has 4 nitrogen and oxygen atoms in total. The Balaban J connectivity index is 2.24. The van der Waals surface area contributed by atoms with Crippen LogP contribution in [0.3, 0.4) is 0 Å². The highest BCUT2D eigenvalue weighted by atomic mass is 32.2. The fraction of sp³-hybridized carbons (Fsp3) is 0.455. The highest BCUT2D eigenvalue weighted by Gasteiger charge is 2.46. The number of nitrogens with zero attached hydrogens (tertiary/aromatic N) is 1. The van der Waals surface area contributed by atoms with Crippen molar-refractivity contribution in [2.45, 2.75) is 22.9 Å². The predicted molar refractivity (Wildman–Crippen MR) is 64.5 cm³/mol. The number of halogens is 3.